The van der Waals surface area contributed by atoms with Gasteiger partial charge in [-0.15, -0.1) is 0 Å². The first-order valence-electron chi connectivity index (χ1n) is 7.58. The molecular weight excluding hydrogens is 218 g/mol. The monoisotopic (exact) mass is 243 g/mol. The van der Waals surface area contributed by atoms with Crippen molar-refractivity contribution in [2.75, 3.05) is 5.32 Å². The van der Waals surface area contributed by atoms with Crippen molar-refractivity contribution in [2.24, 2.45) is 11.8 Å². The highest BCUT2D eigenvalue weighted by atomic mass is 15.0. The van der Waals surface area contributed by atoms with Crippen LogP contribution in [-0.2, 0) is 6.42 Å². The van der Waals surface area contributed by atoms with Gasteiger partial charge in [0, 0.05) is 11.2 Å². The van der Waals surface area contributed by atoms with Crippen LogP contribution in [0.3, 0.4) is 0 Å². The van der Waals surface area contributed by atoms with Crippen LogP contribution in [0.2, 0.25) is 0 Å². The quantitative estimate of drug-likeness (QED) is 0.798. The van der Waals surface area contributed by atoms with Crippen molar-refractivity contribution < 1.29 is 0 Å². The van der Waals surface area contributed by atoms with Crippen LogP contribution in [0, 0.1) is 11.8 Å². The molecular formula is C17H25N. The molecule has 1 N–H and O–H groups in total. The van der Waals surface area contributed by atoms with Crippen molar-refractivity contribution in [3.8, 4) is 0 Å². The van der Waals surface area contributed by atoms with Crippen LogP contribution in [0.15, 0.2) is 24.3 Å². The summed E-state index contributed by atoms with van der Waals surface area (Å²) in [5.41, 5.74) is 3.23. The summed E-state index contributed by atoms with van der Waals surface area (Å²) in [5.74, 6) is 1.56. The van der Waals surface area contributed by atoms with Gasteiger partial charge in [0.05, 0.1) is 0 Å². The van der Waals surface area contributed by atoms with E-state index in [0.717, 1.165) is 5.92 Å². The summed E-state index contributed by atoms with van der Waals surface area (Å²) in [5, 5.41) is 3.92. The number of hydrogen-bond donors (Lipinski definition) is 1. The third-order valence-corrected chi connectivity index (χ3v) is 5.23. The Kier molecular flexibility index (Phi) is 3.09. The highest BCUT2D eigenvalue weighted by Crippen LogP contribution is 2.46. The van der Waals surface area contributed by atoms with Crippen LogP contribution in [0.4, 0.5) is 5.69 Å². The smallest absolute Gasteiger partial charge is 0.0465 e. The molecule has 1 heterocycles. The Morgan fingerprint density at radius 1 is 1.11 bits per heavy atom. The SMILES string of the molecule is CC(C)C1(C2CCCCC2)Cc2ccccc2N1. The van der Waals surface area contributed by atoms with Crippen LogP contribution in [0.1, 0.15) is 51.5 Å². The van der Waals surface area contributed by atoms with Gasteiger partial charge in [0.2, 0.25) is 0 Å². The Hall–Kier alpha value is -0.980. The van der Waals surface area contributed by atoms with Crippen molar-refractivity contribution in [2.45, 2.75) is 57.9 Å². The van der Waals surface area contributed by atoms with Crippen molar-refractivity contribution in [1.82, 2.24) is 0 Å². The summed E-state index contributed by atoms with van der Waals surface area (Å²) in [4.78, 5) is 0. The molecule has 2 aliphatic rings. The van der Waals surface area contributed by atoms with Gasteiger partial charge in [-0.3, -0.25) is 0 Å². The summed E-state index contributed by atoms with van der Waals surface area (Å²) >= 11 is 0. The molecule has 1 aromatic rings. The molecule has 1 aliphatic carbocycles. The normalized spacial score (nSPS) is 28.2. The van der Waals surface area contributed by atoms with E-state index >= 15 is 0 Å². The Morgan fingerprint density at radius 2 is 1.83 bits per heavy atom. The first-order chi connectivity index (χ1) is 8.72. The molecule has 0 spiro atoms. The van der Waals surface area contributed by atoms with Gasteiger partial charge in [-0.25, -0.2) is 0 Å². The molecule has 1 saturated carbocycles. The van der Waals surface area contributed by atoms with Crippen molar-refractivity contribution in [3.05, 3.63) is 29.8 Å². The third kappa shape index (κ3) is 1.84. The second-order valence-electron chi connectivity index (χ2n) is 6.49. The molecule has 1 unspecified atom stereocenters. The van der Waals surface area contributed by atoms with Crippen LogP contribution < -0.4 is 5.32 Å². The lowest BCUT2D eigenvalue weighted by Crippen LogP contribution is -2.49. The summed E-state index contributed by atoms with van der Waals surface area (Å²) in [7, 11) is 0. The standard InChI is InChI=1S/C17H25N/c1-13(2)17(15-9-4-3-5-10-15)12-14-8-6-7-11-16(14)18-17/h6-8,11,13,15,18H,3-5,9-10,12H2,1-2H3. The van der Waals surface area contributed by atoms with E-state index < -0.39 is 0 Å². The van der Waals surface area contributed by atoms with Gasteiger partial charge >= 0.3 is 0 Å². The second kappa shape index (κ2) is 4.60. The van der Waals surface area contributed by atoms with Gasteiger partial charge in [0.25, 0.3) is 0 Å². The number of nitrogens with one attached hydrogen (secondary N) is 1. The number of hydrogen-bond acceptors (Lipinski definition) is 1. The van der Waals surface area contributed by atoms with Crippen LogP contribution >= 0.6 is 0 Å². The number of benzene rings is 1. The second-order valence-corrected chi connectivity index (χ2v) is 6.49. The maximum absolute atomic E-state index is 3.92. The predicted octanol–water partition coefficient (Wildman–Crippen LogP) is 4.63. The Morgan fingerprint density at radius 3 is 2.50 bits per heavy atom. The molecule has 1 aliphatic heterocycles. The van der Waals surface area contributed by atoms with Crippen molar-refractivity contribution in [1.29, 1.82) is 0 Å². The van der Waals surface area contributed by atoms with Crippen LogP contribution in [0.5, 0.6) is 0 Å². The topological polar surface area (TPSA) is 12.0 Å². The van der Waals surface area contributed by atoms with E-state index in [9.17, 15) is 0 Å². The van der Waals surface area contributed by atoms with E-state index in [1.54, 1.807) is 0 Å². The minimum absolute atomic E-state index is 0.324. The van der Waals surface area contributed by atoms with Crippen molar-refractivity contribution in [3.63, 3.8) is 0 Å². The van der Waals surface area contributed by atoms with Crippen molar-refractivity contribution >= 4 is 5.69 Å². The minimum atomic E-state index is 0.324. The number of anilines is 1. The minimum Gasteiger partial charge on any atom is -0.379 e. The molecule has 0 saturated heterocycles. The van der Waals surface area contributed by atoms with Gasteiger partial charge in [0.15, 0.2) is 0 Å². The van der Waals surface area contributed by atoms with Gasteiger partial charge in [-0.05, 0) is 42.7 Å². The molecule has 1 atom stereocenters. The zero-order valence-electron chi connectivity index (χ0n) is 11.7. The average molecular weight is 243 g/mol. The zero-order chi connectivity index (χ0) is 12.6. The molecule has 0 bridgehead atoms. The van der Waals surface area contributed by atoms with E-state index in [1.807, 2.05) is 0 Å². The number of rotatable bonds is 2. The van der Waals surface area contributed by atoms with E-state index in [4.69, 9.17) is 0 Å². The lowest BCUT2D eigenvalue weighted by atomic mass is 9.68. The molecule has 1 heteroatoms. The van der Waals surface area contributed by atoms with E-state index in [-0.39, 0.29) is 0 Å². The van der Waals surface area contributed by atoms with E-state index in [2.05, 4.69) is 43.4 Å². The fraction of sp³-hybridized carbons (Fsp3) is 0.647. The third-order valence-electron chi connectivity index (χ3n) is 5.23. The molecule has 0 amide bonds. The lowest BCUT2D eigenvalue weighted by Gasteiger charge is -2.44. The lowest BCUT2D eigenvalue weighted by molar-refractivity contribution is 0.179. The van der Waals surface area contributed by atoms with Crippen LogP contribution in [0.25, 0.3) is 0 Å². The predicted molar refractivity (Wildman–Crippen MR) is 77.9 cm³/mol. The Labute approximate surface area is 111 Å². The maximum atomic E-state index is 3.92. The molecule has 0 aromatic heterocycles. The molecule has 1 aromatic carbocycles. The maximum Gasteiger partial charge on any atom is 0.0465 e. The van der Waals surface area contributed by atoms with Gasteiger partial charge in [0.1, 0.15) is 0 Å². The summed E-state index contributed by atoms with van der Waals surface area (Å²) in [6.07, 6.45) is 8.36. The van der Waals surface area contributed by atoms with E-state index in [0.29, 0.717) is 11.5 Å². The van der Waals surface area contributed by atoms with E-state index in [1.165, 1.54) is 49.8 Å². The number of fused-ring (bicyclic) bond motifs is 1. The average Bonchev–Trinajstić information content (AvgIpc) is 2.80. The summed E-state index contributed by atoms with van der Waals surface area (Å²) < 4.78 is 0. The molecule has 0 radical (unpaired) electrons. The Bertz CT molecular complexity index is 390. The molecule has 18 heavy (non-hydrogen) atoms. The highest BCUT2D eigenvalue weighted by Gasteiger charge is 2.45. The zero-order valence-corrected chi connectivity index (χ0v) is 11.7. The van der Waals surface area contributed by atoms with Gasteiger partial charge < -0.3 is 5.32 Å². The fourth-order valence-corrected chi connectivity index (χ4v) is 4.09. The van der Waals surface area contributed by atoms with Gasteiger partial charge in [-0.2, -0.15) is 0 Å². The highest BCUT2D eigenvalue weighted by molar-refractivity contribution is 5.59. The molecule has 1 fully saturated rings. The summed E-state index contributed by atoms with van der Waals surface area (Å²) in [6, 6.07) is 8.89. The number of para-hydroxylation sites is 1. The summed E-state index contributed by atoms with van der Waals surface area (Å²) in [6.45, 7) is 4.79. The first-order valence-corrected chi connectivity index (χ1v) is 7.58. The molecule has 1 nitrogen and oxygen atoms in total. The largest absolute Gasteiger partial charge is 0.379 e. The fourth-order valence-electron chi connectivity index (χ4n) is 4.09. The van der Waals surface area contributed by atoms with Gasteiger partial charge in [-0.1, -0.05) is 51.3 Å². The first kappa shape index (κ1) is 12.1. The Balaban J connectivity index is 1.91. The molecule has 3 rings (SSSR count). The van der Waals surface area contributed by atoms with Crippen LogP contribution in [-0.4, -0.2) is 5.54 Å². The molecule has 98 valence electrons.